The molecular formula is C14H22O6. The Labute approximate surface area is 118 Å². The van der Waals surface area contributed by atoms with Crippen molar-refractivity contribution in [2.24, 2.45) is 0 Å². The molecule has 0 amide bonds. The van der Waals surface area contributed by atoms with Crippen molar-refractivity contribution in [3.05, 3.63) is 35.4 Å². The number of benzene rings is 1. The highest BCUT2D eigenvalue weighted by atomic mass is 16.5. The summed E-state index contributed by atoms with van der Waals surface area (Å²) in [5.74, 6) is 0. The lowest BCUT2D eigenvalue weighted by Gasteiger charge is -2.15. The van der Waals surface area contributed by atoms with E-state index in [4.69, 9.17) is 19.7 Å². The van der Waals surface area contributed by atoms with Crippen LogP contribution in [-0.2, 0) is 9.47 Å². The Bertz CT molecular complexity index is 339. The predicted molar refractivity (Wildman–Crippen MR) is 72.2 cm³/mol. The molecule has 20 heavy (non-hydrogen) atoms. The van der Waals surface area contributed by atoms with Gasteiger partial charge in [0, 0.05) is 0 Å². The van der Waals surface area contributed by atoms with Crippen LogP contribution in [0.1, 0.15) is 23.3 Å². The zero-order chi connectivity index (χ0) is 14.8. The third-order valence-corrected chi connectivity index (χ3v) is 2.70. The Balaban J connectivity index is 2.55. The van der Waals surface area contributed by atoms with Crippen LogP contribution in [0.25, 0.3) is 0 Å². The van der Waals surface area contributed by atoms with Gasteiger partial charge in [-0.3, -0.25) is 0 Å². The molecule has 1 aromatic rings. The molecule has 4 N–H and O–H groups in total. The fourth-order valence-electron chi connectivity index (χ4n) is 1.69. The molecule has 114 valence electrons. The van der Waals surface area contributed by atoms with Crippen LogP contribution >= 0.6 is 0 Å². The molecule has 2 atom stereocenters. The number of aliphatic hydroxyl groups excluding tert-OH is 4. The van der Waals surface area contributed by atoms with E-state index in [2.05, 4.69) is 0 Å². The molecule has 0 heterocycles. The van der Waals surface area contributed by atoms with Crippen molar-refractivity contribution in [2.45, 2.75) is 12.2 Å². The fraction of sp³-hybridized carbons (Fsp3) is 0.571. The summed E-state index contributed by atoms with van der Waals surface area (Å²) in [6.45, 7) is 0.340. The van der Waals surface area contributed by atoms with Gasteiger partial charge in [-0.25, -0.2) is 0 Å². The number of hydrogen-bond acceptors (Lipinski definition) is 6. The lowest BCUT2D eigenvalue weighted by atomic mass is 10.0. The van der Waals surface area contributed by atoms with Crippen molar-refractivity contribution >= 4 is 0 Å². The van der Waals surface area contributed by atoms with Gasteiger partial charge >= 0.3 is 0 Å². The maximum atomic E-state index is 9.91. The van der Waals surface area contributed by atoms with Gasteiger partial charge in [0.05, 0.1) is 39.6 Å². The van der Waals surface area contributed by atoms with Gasteiger partial charge in [-0.2, -0.15) is 0 Å². The molecule has 0 aliphatic heterocycles. The van der Waals surface area contributed by atoms with E-state index in [9.17, 15) is 10.2 Å². The zero-order valence-corrected chi connectivity index (χ0v) is 11.3. The molecule has 0 bridgehead atoms. The third-order valence-electron chi connectivity index (χ3n) is 2.70. The molecule has 6 heteroatoms. The first-order valence-corrected chi connectivity index (χ1v) is 6.52. The molecule has 1 aromatic carbocycles. The van der Waals surface area contributed by atoms with E-state index < -0.39 is 12.2 Å². The van der Waals surface area contributed by atoms with Crippen molar-refractivity contribution in [3.8, 4) is 0 Å². The first kappa shape index (κ1) is 17.0. The number of rotatable bonds is 10. The molecule has 0 saturated carbocycles. The molecule has 0 aliphatic rings. The van der Waals surface area contributed by atoms with Crippen LogP contribution in [-0.4, -0.2) is 60.1 Å². The Hall–Kier alpha value is -1.02. The van der Waals surface area contributed by atoms with E-state index in [1.54, 1.807) is 24.3 Å². The van der Waals surface area contributed by atoms with Crippen LogP contribution < -0.4 is 0 Å². The monoisotopic (exact) mass is 286 g/mol. The van der Waals surface area contributed by atoms with Gasteiger partial charge in [0.2, 0.25) is 0 Å². The standard InChI is InChI=1S/C14H22O6/c15-4-6-19-9-13(17)11-2-1-3-12(8-11)14(18)10-20-7-5-16/h1-3,8,13-18H,4-7,9-10H2. The summed E-state index contributed by atoms with van der Waals surface area (Å²) >= 11 is 0. The maximum absolute atomic E-state index is 9.91. The van der Waals surface area contributed by atoms with Crippen molar-refractivity contribution in [1.82, 2.24) is 0 Å². The van der Waals surface area contributed by atoms with Crippen LogP contribution in [0.3, 0.4) is 0 Å². The summed E-state index contributed by atoms with van der Waals surface area (Å²) in [6.07, 6.45) is -1.63. The molecule has 0 aromatic heterocycles. The zero-order valence-electron chi connectivity index (χ0n) is 11.3. The van der Waals surface area contributed by atoms with Crippen molar-refractivity contribution in [1.29, 1.82) is 0 Å². The van der Waals surface area contributed by atoms with E-state index >= 15 is 0 Å². The van der Waals surface area contributed by atoms with Gasteiger partial charge in [0.15, 0.2) is 0 Å². The summed E-state index contributed by atoms with van der Waals surface area (Å²) in [7, 11) is 0. The molecule has 0 saturated heterocycles. The summed E-state index contributed by atoms with van der Waals surface area (Å²) in [4.78, 5) is 0. The average molecular weight is 286 g/mol. The summed E-state index contributed by atoms with van der Waals surface area (Å²) < 4.78 is 10.1. The van der Waals surface area contributed by atoms with E-state index in [1.165, 1.54) is 0 Å². The molecule has 1 rings (SSSR count). The molecule has 6 nitrogen and oxygen atoms in total. The number of hydrogen-bond donors (Lipinski definition) is 4. The average Bonchev–Trinajstić information content (AvgIpc) is 2.47. The molecule has 0 fully saturated rings. The second-order valence-electron chi connectivity index (χ2n) is 4.30. The summed E-state index contributed by atoms with van der Waals surface area (Å²) in [5.41, 5.74) is 1.25. The highest BCUT2D eigenvalue weighted by Gasteiger charge is 2.12. The maximum Gasteiger partial charge on any atom is 0.102 e. The van der Waals surface area contributed by atoms with Crippen LogP contribution in [0.15, 0.2) is 24.3 Å². The van der Waals surface area contributed by atoms with Crippen LogP contribution in [0.2, 0.25) is 0 Å². The first-order valence-electron chi connectivity index (χ1n) is 6.52. The molecule has 2 unspecified atom stereocenters. The minimum absolute atomic E-state index is 0.0844. The van der Waals surface area contributed by atoms with E-state index in [0.29, 0.717) is 11.1 Å². The van der Waals surface area contributed by atoms with E-state index in [0.717, 1.165) is 0 Å². The van der Waals surface area contributed by atoms with E-state index in [1.807, 2.05) is 0 Å². The lowest BCUT2D eigenvalue weighted by molar-refractivity contribution is 0.0178. The second-order valence-corrected chi connectivity index (χ2v) is 4.30. The van der Waals surface area contributed by atoms with Gasteiger partial charge in [-0.1, -0.05) is 24.3 Å². The Kier molecular flexibility index (Phi) is 8.36. The Morgan fingerprint density at radius 3 is 1.70 bits per heavy atom. The minimum Gasteiger partial charge on any atom is -0.394 e. The third kappa shape index (κ3) is 5.96. The van der Waals surface area contributed by atoms with Crippen molar-refractivity contribution < 1.29 is 29.9 Å². The van der Waals surface area contributed by atoms with Gasteiger partial charge in [-0.05, 0) is 11.1 Å². The summed E-state index contributed by atoms with van der Waals surface area (Å²) in [5, 5.41) is 37.0. The van der Waals surface area contributed by atoms with Gasteiger partial charge < -0.3 is 29.9 Å². The first-order chi connectivity index (χ1) is 9.69. The Morgan fingerprint density at radius 1 is 0.850 bits per heavy atom. The smallest absolute Gasteiger partial charge is 0.102 e. The predicted octanol–water partition coefficient (Wildman–Crippen LogP) is -0.229. The lowest BCUT2D eigenvalue weighted by Crippen LogP contribution is -2.12. The van der Waals surface area contributed by atoms with Crippen molar-refractivity contribution in [3.63, 3.8) is 0 Å². The number of aliphatic hydroxyl groups is 4. The van der Waals surface area contributed by atoms with Crippen LogP contribution in [0.4, 0.5) is 0 Å². The SMILES string of the molecule is OCCOCC(O)c1cccc(C(O)COCCO)c1. The largest absolute Gasteiger partial charge is 0.394 e. The second kappa shape index (κ2) is 9.82. The van der Waals surface area contributed by atoms with Crippen LogP contribution in [0.5, 0.6) is 0 Å². The molecule has 0 radical (unpaired) electrons. The highest BCUT2D eigenvalue weighted by molar-refractivity contribution is 5.26. The highest BCUT2D eigenvalue weighted by Crippen LogP contribution is 2.19. The minimum atomic E-state index is -0.813. The quantitative estimate of drug-likeness (QED) is 0.444. The van der Waals surface area contributed by atoms with Gasteiger partial charge in [0.1, 0.15) is 12.2 Å². The number of ether oxygens (including phenoxy) is 2. The van der Waals surface area contributed by atoms with E-state index in [-0.39, 0.29) is 39.6 Å². The van der Waals surface area contributed by atoms with Crippen LogP contribution in [0, 0.1) is 0 Å². The van der Waals surface area contributed by atoms with Gasteiger partial charge in [-0.15, -0.1) is 0 Å². The molecule has 0 spiro atoms. The molecule has 0 aliphatic carbocycles. The normalized spacial score (nSPS) is 14.2. The Morgan fingerprint density at radius 2 is 1.30 bits per heavy atom. The summed E-state index contributed by atoms with van der Waals surface area (Å²) in [6, 6.07) is 6.88. The van der Waals surface area contributed by atoms with Gasteiger partial charge in [0.25, 0.3) is 0 Å². The fourth-order valence-corrected chi connectivity index (χ4v) is 1.69. The topological polar surface area (TPSA) is 99.4 Å². The van der Waals surface area contributed by atoms with Crippen molar-refractivity contribution in [2.75, 3.05) is 39.6 Å². The molecular weight excluding hydrogens is 264 g/mol.